The first-order chi connectivity index (χ1) is 13.8. The van der Waals surface area contributed by atoms with Gasteiger partial charge in [-0.15, -0.1) is 0 Å². The van der Waals surface area contributed by atoms with Crippen LogP contribution in [0.1, 0.15) is 43.2 Å². The van der Waals surface area contributed by atoms with E-state index >= 15 is 0 Å². The van der Waals surface area contributed by atoms with Crippen molar-refractivity contribution >= 4 is 0 Å². The highest BCUT2D eigenvalue weighted by Gasteiger charge is 2.53. The summed E-state index contributed by atoms with van der Waals surface area (Å²) in [6.45, 7) is 3.44. The van der Waals surface area contributed by atoms with Crippen molar-refractivity contribution in [2.24, 2.45) is 5.92 Å². The lowest BCUT2D eigenvalue weighted by molar-refractivity contribution is -0.0262. The van der Waals surface area contributed by atoms with E-state index in [1.807, 2.05) is 12.4 Å². The summed E-state index contributed by atoms with van der Waals surface area (Å²) in [5.74, 6) is 0.764. The lowest BCUT2D eigenvalue weighted by Gasteiger charge is -2.59. The summed E-state index contributed by atoms with van der Waals surface area (Å²) in [6, 6.07) is 7.77. The molecule has 28 heavy (non-hydrogen) atoms. The van der Waals surface area contributed by atoms with Crippen LogP contribution in [0.5, 0.6) is 0 Å². The Morgan fingerprint density at radius 2 is 2.18 bits per heavy atom. The highest BCUT2D eigenvalue weighted by atomic mass is 16.5. The molecule has 3 atom stereocenters. The molecule has 2 heterocycles. The van der Waals surface area contributed by atoms with Crippen LogP contribution >= 0.6 is 0 Å². The van der Waals surface area contributed by atoms with Gasteiger partial charge in [0.15, 0.2) is 0 Å². The molecule has 1 aromatic carbocycles. The van der Waals surface area contributed by atoms with Crippen LogP contribution in [0.3, 0.4) is 0 Å². The molecule has 5 nitrogen and oxygen atoms in total. The van der Waals surface area contributed by atoms with E-state index in [9.17, 15) is 0 Å². The highest BCUT2D eigenvalue weighted by Crippen LogP contribution is 2.56. The van der Waals surface area contributed by atoms with Gasteiger partial charge in [0.05, 0.1) is 26.0 Å². The third-order valence-electron chi connectivity index (χ3n) is 7.54. The molecule has 1 aromatic heterocycles. The van der Waals surface area contributed by atoms with E-state index in [2.05, 4.69) is 33.3 Å². The smallest absolute Gasteiger partial charge is 0.0698 e. The fraction of sp³-hybridized carbons (Fsp3) is 0.609. The zero-order chi connectivity index (χ0) is 19.0. The third kappa shape index (κ3) is 3.00. The van der Waals surface area contributed by atoms with Gasteiger partial charge in [-0.25, -0.2) is 0 Å². The molecule has 2 aliphatic carbocycles. The van der Waals surface area contributed by atoms with Gasteiger partial charge in [-0.05, 0) is 54.8 Å². The SMILES string of the molecule is OCCOCCN1CC[C@]23CCCC[C@H]2[C@H]1Cc1ccc(-c2cn[nH]c2)cc13. The second kappa shape index (κ2) is 7.62. The molecule has 1 saturated heterocycles. The van der Waals surface area contributed by atoms with Crippen LogP contribution in [-0.4, -0.2) is 59.2 Å². The normalized spacial score (nSPS) is 29.3. The van der Waals surface area contributed by atoms with Gasteiger partial charge in [0.2, 0.25) is 0 Å². The number of piperidine rings is 1. The lowest BCUT2D eigenvalue weighted by Crippen LogP contribution is -2.61. The Morgan fingerprint density at radius 1 is 1.21 bits per heavy atom. The molecule has 150 valence electrons. The monoisotopic (exact) mass is 381 g/mol. The second-order valence-corrected chi connectivity index (χ2v) is 8.76. The van der Waals surface area contributed by atoms with Gasteiger partial charge in [0.25, 0.3) is 0 Å². The van der Waals surface area contributed by atoms with Crippen LogP contribution in [0.15, 0.2) is 30.6 Å². The van der Waals surface area contributed by atoms with Gasteiger partial charge < -0.3 is 9.84 Å². The first-order valence-electron chi connectivity index (χ1n) is 10.9. The Kier molecular flexibility index (Phi) is 4.99. The maximum absolute atomic E-state index is 8.95. The number of ether oxygens (including phenoxy) is 1. The molecular formula is C23H31N3O2. The molecular weight excluding hydrogens is 350 g/mol. The van der Waals surface area contributed by atoms with Crippen molar-refractivity contribution < 1.29 is 9.84 Å². The molecule has 0 unspecified atom stereocenters. The maximum Gasteiger partial charge on any atom is 0.0698 e. The van der Waals surface area contributed by atoms with Gasteiger partial charge >= 0.3 is 0 Å². The number of fused-ring (bicyclic) bond motifs is 1. The molecule has 3 aliphatic rings. The van der Waals surface area contributed by atoms with E-state index in [0.29, 0.717) is 18.1 Å². The van der Waals surface area contributed by atoms with Crippen LogP contribution in [0.25, 0.3) is 11.1 Å². The molecule has 2 N–H and O–H groups in total. The minimum absolute atomic E-state index is 0.113. The van der Waals surface area contributed by atoms with Crippen molar-refractivity contribution in [2.75, 3.05) is 32.9 Å². The molecule has 0 radical (unpaired) electrons. The van der Waals surface area contributed by atoms with Crippen LogP contribution in [0, 0.1) is 5.92 Å². The first-order valence-corrected chi connectivity index (χ1v) is 10.9. The van der Waals surface area contributed by atoms with E-state index in [4.69, 9.17) is 9.84 Å². The summed E-state index contributed by atoms with van der Waals surface area (Å²) >= 11 is 0. The number of rotatable bonds is 6. The average molecular weight is 382 g/mol. The molecule has 2 aromatic rings. The fourth-order valence-electron chi connectivity index (χ4n) is 6.30. The van der Waals surface area contributed by atoms with E-state index in [1.54, 1.807) is 11.1 Å². The number of hydrogen-bond donors (Lipinski definition) is 2. The van der Waals surface area contributed by atoms with Crippen LogP contribution in [-0.2, 0) is 16.6 Å². The zero-order valence-corrected chi connectivity index (χ0v) is 16.6. The number of nitrogens with zero attached hydrogens (tertiary/aromatic N) is 2. The van der Waals surface area contributed by atoms with Crippen LogP contribution in [0.4, 0.5) is 0 Å². The standard InChI is InChI=1S/C23H31N3O2/c27-10-12-28-11-9-26-8-7-23-6-2-1-3-20(23)22(26)14-18-5-4-17(13-21(18)23)19-15-24-25-16-19/h4-5,13,15-16,20,22,27H,1-3,6-12,14H2,(H,24,25)/t20-,22+,23+/m0/s1. The molecule has 5 rings (SSSR count). The van der Waals surface area contributed by atoms with Crippen LogP contribution in [0.2, 0.25) is 0 Å². The van der Waals surface area contributed by atoms with Crippen LogP contribution < -0.4 is 0 Å². The topological polar surface area (TPSA) is 61.4 Å². The maximum atomic E-state index is 8.95. The van der Waals surface area contributed by atoms with Crippen molar-refractivity contribution in [3.05, 3.63) is 41.7 Å². The van der Waals surface area contributed by atoms with Crippen molar-refractivity contribution in [2.45, 2.75) is 50.0 Å². The Morgan fingerprint density at radius 3 is 3.04 bits per heavy atom. The first kappa shape index (κ1) is 18.3. The Bertz CT molecular complexity index is 806. The average Bonchev–Trinajstić information content (AvgIpc) is 3.27. The van der Waals surface area contributed by atoms with Gasteiger partial charge in [-0.1, -0.05) is 31.0 Å². The predicted molar refractivity (Wildman–Crippen MR) is 109 cm³/mol. The van der Waals surface area contributed by atoms with Gasteiger partial charge in [0, 0.05) is 29.8 Å². The number of aromatic nitrogens is 2. The molecule has 0 amide bonds. The summed E-state index contributed by atoms with van der Waals surface area (Å²) in [4.78, 5) is 2.68. The van der Waals surface area contributed by atoms with E-state index in [1.165, 1.54) is 49.8 Å². The van der Waals surface area contributed by atoms with Gasteiger partial charge in [-0.3, -0.25) is 10.00 Å². The van der Waals surface area contributed by atoms with E-state index in [0.717, 1.165) is 25.5 Å². The largest absolute Gasteiger partial charge is 0.394 e. The number of aromatic amines is 1. The number of hydrogen-bond acceptors (Lipinski definition) is 4. The molecule has 5 heteroatoms. The van der Waals surface area contributed by atoms with E-state index < -0.39 is 0 Å². The van der Waals surface area contributed by atoms with Crippen molar-refractivity contribution in [3.8, 4) is 11.1 Å². The summed E-state index contributed by atoms with van der Waals surface area (Å²) in [6.07, 6.45) is 11.8. The number of benzene rings is 1. The zero-order valence-electron chi connectivity index (χ0n) is 16.6. The third-order valence-corrected chi connectivity index (χ3v) is 7.54. The second-order valence-electron chi connectivity index (χ2n) is 8.76. The number of nitrogens with one attached hydrogen (secondary N) is 1. The van der Waals surface area contributed by atoms with Gasteiger partial charge in [0.1, 0.15) is 0 Å². The van der Waals surface area contributed by atoms with Crippen molar-refractivity contribution in [1.82, 2.24) is 15.1 Å². The Hall–Kier alpha value is -1.69. The van der Waals surface area contributed by atoms with Gasteiger partial charge in [-0.2, -0.15) is 5.10 Å². The van der Waals surface area contributed by atoms with Crippen molar-refractivity contribution in [1.29, 1.82) is 0 Å². The number of likely N-dealkylation sites (tertiary alicyclic amines) is 1. The molecule has 1 aliphatic heterocycles. The quantitative estimate of drug-likeness (QED) is 0.755. The number of H-pyrrole nitrogens is 1. The highest BCUT2D eigenvalue weighted by molar-refractivity contribution is 5.64. The molecule has 1 saturated carbocycles. The Labute approximate surface area is 167 Å². The molecule has 2 bridgehead atoms. The van der Waals surface area contributed by atoms with Crippen molar-refractivity contribution in [3.63, 3.8) is 0 Å². The van der Waals surface area contributed by atoms with E-state index in [-0.39, 0.29) is 6.61 Å². The minimum atomic E-state index is 0.113. The lowest BCUT2D eigenvalue weighted by atomic mass is 9.52. The summed E-state index contributed by atoms with van der Waals surface area (Å²) in [5.41, 5.74) is 6.02. The molecule has 2 fully saturated rings. The predicted octanol–water partition coefficient (Wildman–Crippen LogP) is 3.14. The minimum Gasteiger partial charge on any atom is -0.394 e. The number of aliphatic hydroxyl groups is 1. The summed E-state index contributed by atoms with van der Waals surface area (Å²) < 4.78 is 5.58. The Balaban J connectivity index is 1.47. The summed E-state index contributed by atoms with van der Waals surface area (Å²) in [7, 11) is 0. The molecule has 0 spiro atoms. The number of aliphatic hydroxyl groups excluding tert-OH is 1. The fourth-order valence-corrected chi connectivity index (χ4v) is 6.30. The summed E-state index contributed by atoms with van der Waals surface area (Å²) in [5, 5.41) is 16.1.